The Hall–Kier alpha value is -2.35. The number of ether oxygens (including phenoxy) is 1. The van der Waals surface area contributed by atoms with Gasteiger partial charge in [0.25, 0.3) is 5.56 Å². The fourth-order valence-corrected chi connectivity index (χ4v) is 4.95. The second-order valence-corrected chi connectivity index (χ2v) is 8.52. The van der Waals surface area contributed by atoms with Crippen LogP contribution in [0.3, 0.4) is 0 Å². The van der Waals surface area contributed by atoms with E-state index in [1.807, 2.05) is 48.5 Å². The van der Waals surface area contributed by atoms with Crippen molar-refractivity contribution in [2.24, 2.45) is 0 Å². The second-order valence-electron chi connectivity index (χ2n) is 5.96. The summed E-state index contributed by atoms with van der Waals surface area (Å²) in [5, 5.41) is 0.669. The molecule has 0 aliphatic rings. The summed E-state index contributed by atoms with van der Waals surface area (Å²) in [5.41, 5.74) is 1.10. The Morgan fingerprint density at radius 2 is 1.96 bits per heavy atom. The molecular formula is C20H15ClN2O3S2. The highest BCUT2D eigenvalue weighted by atomic mass is 35.5. The predicted octanol–water partition coefficient (Wildman–Crippen LogP) is 4.79. The van der Waals surface area contributed by atoms with Crippen LogP contribution in [0, 0.1) is 0 Å². The zero-order chi connectivity index (χ0) is 19.5. The molecule has 0 unspecified atom stereocenters. The Kier molecular flexibility index (Phi) is 5.66. The van der Waals surface area contributed by atoms with Gasteiger partial charge < -0.3 is 4.74 Å². The summed E-state index contributed by atoms with van der Waals surface area (Å²) in [6.07, 6.45) is 0.250. The number of hydrogen-bond donors (Lipinski definition) is 0. The summed E-state index contributed by atoms with van der Waals surface area (Å²) in [6.45, 7) is -0.0183. The molecule has 0 amide bonds. The van der Waals surface area contributed by atoms with E-state index in [1.54, 1.807) is 4.40 Å². The van der Waals surface area contributed by atoms with E-state index in [-0.39, 0.29) is 24.6 Å². The monoisotopic (exact) mass is 430 g/mol. The third-order valence-corrected chi connectivity index (χ3v) is 6.57. The standard InChI is InChI=1S/C20H15ClN2O3S2/c21-14-5-1-3-7-16(14)27-10-9-19(25)26-12-13-11-18(24)23-15-6-2-4-8-17(15)28-20(23)22-13/h1-8,11H,9-10,12H2. The Balaban J connectivity index is 1.38. The number of fused-ring (bicyclic) bond motifs is 3. The molecule has 0 spiro atoms. The molecule has 2 heterocycles. The van der Waals surface area contributed by atoms with Crippen LogP contribution < -0.4 is 5.56 Å². The van der Waals surface area contributed by atoms with Crippen molar-refractivity contribution in [3.05, 3.63) is 75.7 Å². The number of rotatable bonds is 6. The van der Waals surface area contributed by atoms with Crippen molar-refractivity contribution in [1.29, 1.82) is 0 Å². The molecule has 0 aliphatic carbocycles. The first-order valence-electron chi connectivity index (χ1n) is 8.55. The maximum absolute atomic E-state index is 12.5. The van der Waals surface area contributed by atoms with Crippen LogP contribution >= 0.6 is 34.7 Å². The van der Waals surface area contributed by atoms with Crippen LogP contribution in [0.4, 0.5) is 0 Å². The van der Waals surface area contributed by atoms with Gasteiger partial charge in [-0.15, -0.1) is 11.8 Å². The molecule has 0 N–H and O–H groups in total. The van der Waals surface area contributed by atoms with Crippen LogP contribution in [-0.2, 0) is 16.1 Å². The average molecular weight is 431 g/mol. The maximum Gasteiger partial charge on any atom is 0.307 e. The van der Waals surface area contributed by atoms with Gasteiger partial charge in [0.05, 0.1) is 27.4 Å². The van der Waals surface area contributed by atoms with Crippen LogP contribution in [0.15, 0.2) is 64.3 Å². The van der Waals surface area contributed by atoms with Gasteiger partial charge in [-0.2, -0.15) is 0 Å². The SMILES string of the molecule is O=C(CCSc1ccccc1Cl)OCc1cc(=O)n2c(n1)sc1ccccc12. The first-order valence-corrected chi connectivity index (χ1v) is 10.7. The average Bonchev–Trinajstić information content (AvgIpc) is 3.07. The second kappa shape index (κ2) is 8.34. The third-order valence-electron chi connectivity index (χ3n) is 4.03. The van der Waals surface area contributed by atoms with Crippen LogP contribution in [-0.4, -0.2) is 21.1 Å². The molecule has 0 atom stereocenters. The summed E-state index contributed by atoms with van der Waals surface area (Å²) in [5.74, 6) is 0.228. The van der Waals surface area contributed by atoms with Crippen LogP contribution in [0.5, 0.6) is 0 Å². The van der Waals surface area contributed by atoms with Crippen molar-refractivity contribution in [3.8, 4) is 0 Å². The minimum atomic E-state index is -0.335. The normalized spacial score (nSPS) is 11.2. The van der Waals surface area contributed by atoms with E-state index in [0.717, 1.165) is 15.1 Å². The van der Waals surface area contributed by atoms with E-state index < -0.39 is 0 Å². The van der Waals surface area contributed by atoms with Crippen LogP contribution in [0.1, 0.15) is 12.1 Å². The lowest BCUT2D eigenvalue weighted by atomic mass is 10.3. The lowest BCUT2D eigenvalue weighted by Gasteiger charge is -2.06. The van der Waals surface area contributed by atoms with Crippen molar-refractivity contribution >= 4 is 55.8 Å². The molecule has 0 saturated carbocycles. The minimum absolute atomic E-state index is 0.0183. The van der Waals surface area contributed by atoms with Crippen molar-refractivity contribution in [2.45, 2.75) is 17.9 Å². The molecule has 2 aromatic heterocycles. The predicted molar refractivity (Wildman–Crippen MR) is 113 cm³/mol. The molecule has 0 radical (unpaired) electrons. The Bertz CT molecular complexity index is 1220. The van der Waals surface area contributed by atoms with Crippen molar-refractivity contribution < 1.29 is 9.53 Å². The fourth-order valence-electron chi connectivity index (χ4n) is 2.73. The summed E-state index contributed by atoms with van der Waals surface area (Å²) in [4.78, 5) is 30.4. The van der Waals surface area contributed by atoms with Gasteiger partial charge in [-0.3, -0.25) is 14.0 Å². The molecule has 0 saturated heterocycles. The van der Waals surface area contributed by atoms with Gasteiger partial charge >= 0.3 is 5.97 Å². The number of carbonyl (C=O) groups is 1. The van der Waals surface area contributed by atoms with E-state index >= 15 is 0 Å². The minimum Gasteiger partial charge on any atom is -0.459 e. The molecule has 142 valence electrons. The Morgan fingerprint density at radius 3 is 2.82 bits per heavy atom. The van der Waals surface area contributed by atoms with E-state index in [9.17, 15) is 9.59 Å². The topological polar surface area (TPSA) is 60.7 Å². The number of hydrogen-bond acceptors (Lipinski definition) is 6. The zero-order valence-corrected chi connectivity index (χ0v) is 17.0. The number of esters is 1. The highest BCUT2D eigenvalue weighted by Gasteiger charge is 2.11. The fraction of sp³-hybridized carbons (Fsp3) is 0.150. The van der Waals surface area contributed by atoms with Crippen molar-refractivity contribution in [1.82, 2.24) is 9.38 Å². The van der Waals surface area contributed by atoms with Crippen molar-refractivity contribution in [2.75, 3.05) is 5.75 Å². The lowest BCUT2D eigenvalue weighted by molar-refractivity contribution is -0.144. The molecule has 28 heavy (non-hydrogen) atoms. The third kappa shape index (κ3) is 4.06. The van der Waals surface area contributed by atoms with Gasteiger partial charge in [0.1, 0.15) is 6.61 Å². The molecule has 2 aromatic carbocycles. The number of thiazole rings is 1. The molecular weight excluding hydrogens is 416 g/mol. The quantitative estimate of drug-likeness (QED) is 0.325. The number of nitrogens with zero attached hydrogens (tertiary/aromatic N) is 2. The number of aromatic nitrogens is 2. The van der Waals surface area contributed by atoms with E-state index in [1.165, 1.54) is 29.2 Å². The van der Waals surface area contributed by atoms with Gasteiger partial charge in [0.2, 0.25) is 0 Å². The van der Waals surface area contributed by atoms with E-state index in [4.69, 9.17) is 16.3 Å². The molecule has 0 aliphatic heterocycles. The van der Waals surface area contributed by atoms with Gasteiger partial charge in [0, 0.05) is 16.7 Å². The number of halogens is 1. The van der Waals surface area contributed by atoms with Gasteiger partial charge in [-0.1, -0.05) is 47.2 Å². The summed E-state index contributed by atoms with van der Waals surface area (Å²) < 4.78 is 7.84. The van der Waals surface area contributed by atoms with Crippen LogP contribution in [0.2, 0.25) is 5.02 Å². The van der Waals surface area contributed by atoms with Gasteiger partial charge in [-0.25, -0.2) is 4.98 Å². The molecule has 4 aromatic rings. The van der Waals surface area contributed by atoms with Gasteiger partial charge in [-0.05, 0) is 24.3 Å². The van der Waals surface area contributed by atoms with Gasteiger partial charge in [0.15, 0.2) is 4.96 Å². The smallest absolute Gasteiger partial charge is 0.307 e. The largest absolute Gasteiger partial charge is 0.459 e. The Labute approximate surface area is 173 Å². The lowest BCUT2D eigenvalue weighted by Crippen LogP contribution is -2.15. The number of para-hydroxylation sites is 1. The number of thioether (sulfide) groups is 1. The number of carbonyl (C=O) groups excluding carboxylic acids is 1. The highest BCUT2D eigenvalue weighted by molar-refractivity contribution is 7.99. The molecule has 8 heteroatoms. The first kappa shape index (κ1) is 19.0. The Morgan fingerprint density at radius 1 is 1.18 bits per heavy atom. The summed E-state index contributed by atoms with van der Waals surface area (Å²) in [7, 11) is 0. The molecule has 5 nitrogen and oxygen atoms in total. The van der Waals surface area contributed by atoms with E-state index in [2.05, 4.69) is 4.98 Å². The maximum atomic E-state index is 12.5. The van der Waals surface area contributed by atoms with E-state index in [0.29, 0.717) is 21.4 Å². The molecule has 4 rings (SSSR count). The van der Waals surface area contributed by atoms with Crippen molar-refractivity contribution in [3.63, 3.8) is 0 Å². The molecule has 0 fully saturated rings. The first-order chi connectivity index (χ1) is 13.6. The highest BCUT2D eigenvalue weighted by Crippen LogP contribution is 2.27. The number of benzene rings is 2. The molecule has 0 bridgehead atoms. The summed E-state index contributed by atoms with van der Waals surface area (Å²) in [6, 6.07) is 16.6. The zero-order valence-electron chi connectivity index (χ0n) is 14.6. The van der Waals surface area contributed by atoms with Crippen LogP contribution in [0.25, 0.3) is 15.2 Å². The summed E-state index contributed by atoms with van der Waals surface area (Å²) >= 11 is 9.03.